The second-order valence-corrected chi connectivity index (χ2v) is 10.2. The van der Waals surface area contributed by atoms with Crippen LogP contribution in [0.15, 0.2) is 95.2 Å². The minimum absolute atomic E-state index is 0.0599. The van der Waals surface area contributed by atoms with Crippen LogP contribution in [0.5, 0.6) is 0 Å². The summed E-state index contributed by atoms with van der Waals surface area (Å²) < 4.78 is 28.6. The van der Waals surface area contributed by atoms with Gasteiger partial charge in [-0.25, -0.2) is 8.42 Å². The summed E-state index contributed by atoms with van der Waals surface area (Å²) in [5.74, 6) is -0.0599. The molecule has 2 heterocycles. The first-order valence-electron chi connectivity index (χ1n) is 10.2. The zero-order valence-corrected chi connectivity index (χ0v) is 18.7. The van der Waals surface area contributed by atoms with Crippen molar-refractivity contribution in [1.82, 2.24) is 0 Å². The number of fused-ring (bicyclic) bond motifs is 1. The number of benzene rings is 3. The van der Waals surface area contributed by atoms with Crippen molar-refractivity contribution in [2.45, 2.75) is 11.3 Å². The van der Waals surface area contributed by atoms with Gasteiger partial charge in [0.25, 0.3) is 15.9 Å². The molecule has 0 aliphatic carbocycles. The van der Waals surface area contributed by atoms with Crippen molar-refractivity contribution in [3.05, 3.63) is 101 Å². The van der Waals surface area contributed by atoms with Crippen LogP contribution in [-0.4, -0.2) is 20.9 Å². The summed E-state index contributed by atoms with van der Waals surface area (Å²) in [5, 5.41) is 1.87. The Bertz CT molecular complexity index is 1360. The van der Waals surface area contributed by atoms with E-state index in [0.717, 1.165) is 28.8 Å². The van der Waals surface area contributed by atoms with E-state index in [-0.39, 0.29) is 10.8 Å². The molecule has 1 amide bonds. The molecule has 1 aromatic heterocycles. The monoisotopic (exact) mass is 460 g/mol. The number of thiophene rings is 1. The van der Waals surface area contributed by atoms with Crippen molar-refractivity contribution in [1.29, 1.82) is 0 Å². The van der Waals surface area contributed by atoms with Crippen LogP contribution in [0.1, 0.15) is 15.2 Å². The molecule has 0 spiro atoms. The SMILES string of the molecule is O=C(c1cccs1)N1CCc2ccc(NS(=O)(=O)c3ccc(-c4ccccc4)cc3)cc21. The lowest BCUT2D eigenvalue weighted by atomic mass is 10.1. The summed E-state index contributed by atoms with van der Waals surface area (Å²) in [6, 6.07) is 25.6. The number of carbonyl (C=O) groups is 1. The van der Waals surface area contributed by atoms with E-state index in [1.807, 2.05) is 47.8 Å². The highest BCUT2D eigenvalue weighted by Gasteiger charge is 2.27. The Balaban J connectivity index is 1.38. The number of nitrogens with zero attached hydrogens (tertiary/aromatic N) is 1. The van der Waals surface area contributed by atoms with Crippen molar-refractivity contribution in [2.75, 3.05) is 16.2 Å². The summed E-state index contributed by atoms with van der Waals surface area (Å²) in [6.45, 7) is 0.587. The Hall–Kier alpha value is -3.42. The minimum atomic E-state index is -3.76. The molecular formula is C25H20N2O3S2. The van der Waals surface area contributed by atoms with E-state index in [2.05, 4.69) is 4.72 Å². The predicted molar refractivity (Wildman–Crippen MR) is 129 cm³/mol. The van der Waals surface area contributed by atoms with Gasteiger partial charge in [0.2, 0.25) is 0 Å². The predicted octanol–water partition coefficient (Wildman–Crippen LogP) is 5.42. The zero-order chi connectivity index (χ0) is 22.1. The van der Waals surface area contributed by atoms with Gasteiger partial charge in [-0.05, 0) is 58.8 Å². The Morgan fingerprint density at radius 1 is 0.875 bits per heavy atom. The first-order chi connectivity index (χ1) is 15.5. The van der Waals surface area contributed by atoms with Crippen LogP contribution in [0, 0.1) is 0 Å². The van der Waals surface area contributed by atoms with E-state index in [1.54, 1.807) is 47.4 Å². The fourth-order valence-electron chi connectivity index (χ4n) is 3.86. The van der Waals surface area contributed by atoms with Gasteiger partial charge in [-0.3, -0.25) is 9.52 Å². The molecule has 0 saturated heterocycles. The number of hydrogen-bond donors (Lipinski definition) is 1. The molecule has 0 saturated carbocycles. The van der Waals surface area contributed by atoms with Crippen molar-refractivity contribution < 1.29 is 13.2 Å². The van der Waals surface area contributed by atoms with Gasteiger partial charge in [-0.2, -0.15) is 0 Å². The van der Waals surface area contributed by atoms with Crippen LogP contribution < -0.4 is 9.62 Å². The second-order valence-electron chi connectivity index (χ2n) is 7.52. The molecule has 1 aliphatic heterocycles. The van der Waals surface area contributed by atoms with Crippen LogP contribution in [0.25, 0.3) is 11.1 Å². The Kier molecular flexibility index (Phi) is 5.28. The van der Waals surface area contributed by atoms with Gasteiger partial charge in [0.15, 0.2) is 0 Å². The van der Waals surface area contributed by atoms with E-state index in [0.29, 0.717) is 17.1 Å². The molecule has 7 heteroatoms. The Morgan fingerprint density at radius 3 is 2.34 bits per heavy atom. The molecule has 160 valence electrons. The summed E-state index contributed by atoms with van der Waals surface area (Å²) in [6.07, 6.45) is 0.750. The second kappa shape index (κ2) is 8.26. The van der Waals surface area contributed by atoms with Crippen LogP contribution in [0.2, 0.25) is 0 Å². The maximum atomic E-state index is 13.0. The van der Waals surface area contributed by atoms with Crippen molar-refractivity contribution in [3.63, 3.8) is 0 Å². The lowest BCUT2D eigenvalue weighted by molar-refractivity contribution is 0.0993. The van der Waals surface area contributed by atoms with Crippen LogP contribution in [-0.2, 0) is 16.4 Å². The topological polar surface area (TPSA) is 66.5 Å². The van der Waals surface area contributed by atoms with Crippen LogP contribution >= 0.6 is 11.3 Å². The van der Waals surface area contributed by atoms with E-state index in [9.17, 15) is 13.2 Å². The molecule has 5 rings (SSSR count). The maximum absolute atomic E-state index is 13.0. The lowest BCUT2D eigenvalue weighted by Gasteiger charge is -2.17. The Morgan fingerprint density at radius 2 is 1.62 bits per heavy atom. The first kappa shape index (κ1) is 20.5. The van der Waals surface area contributed by atoms with Gasteiger partial charge in [-0.15, -0.1) is 11.3 Å². The van der Waals surface area contributed by atoms with Crippen molar-refractivity contribution in [2.24, 2.45) is 0 Å². The van der Waals surface area contributed by atoms with Gasteiger partial charge in [0, 0.05) is 12.2 Å². The number of carbonyl (C=O) groups excluding carboxylic acids is 1. The highest BCUT2D eigenvalue weighted by molar-refractivity contribution is 7.92. The minimum Gasteiger partial charge on any atom is -0.307 e. The van der Waals surface area contributed by atoms with Crippen LogP contribution in [0.3, 0.4) is 0 Å². The molecule has 1 aliphatic rings. The number of anilines is 2. The van der Waals surface area contributed by atoms with E-state index >= 15 is 0 Å². The molecule has 4 aromatic rings. The van der Waals surface area contributed by atoms with E-state index in [1.165, 1.54) is 11.3 Å². The molecule has 0 radical (unpaired) electrons. The van der Waals surface area contributed by atoms with Gasteiger partial charge >= 0.3 is 0 Å². The smallest absolute Gasteiger partial charge is 0.268 e. The summed E-state index contributed by atoms with van der Waals surface area (Å²) in [4.78, 5) is 15.4. The maximum Gasteiger partial charge on any atom is 0.268 e. The van der Waals surface area contributed by atoms with Crippen molar-refractivity contribution in [3.8, 4) is 11.1 Å². The molecule has 5 nitrogen and oxygen atoms in total. The quantitative estimate of drug-likeness (QED) is 0.433. The molecule has 1 N–H and O–H groups in total. The molecule has 0 atom stereocenters. The molecule has 3 aromatic carbocycles. The number of nitrogens with one attached hydrogen (secondary N) is 1. The molecule has 0 unspecified atom stereocenters. The molecule has 0 fully saturated rings. The Labute approximate surface area is 191 Å². The fourth-order valence-corrected chi connectivity index (χ4v) is 5.58. The van der Waals surface area contributed by atoms with Crippen LogP contribution in [0.4, 0.5) is 11.4 Å². The molecule has 0 bridgehead atoms. The molecular weight excluding hydrogens is 440 g/mol. The van der Waals surface area contributed by atoms with Gasteiger partial charge in [-0.1, -0.05) is 54.6 Å². The summed E-state index contributed by atoms with van der Waals surface area (Å²) >= 11 is 1.40. The highest BCUT2D eigenvalue weighted by atomic mass is 32.2. The number of sulfonamides is 1. The number of amides is 1. The molecule has 32 heavy (non-hydrogen) atoms. The largest absolute Gasteiger partial charge is 0.307 e. The number of rotatable bonds is 5. The first-order valence-corrected chi connectivity index (χ1v) is 12.5. The lowest BCUT2D eigenvalue weighted by Crippen LogP contribution is -2.28. The third-order valence-electron chi connectivity index (χ3n) is 5.48. The fraction of sp³-hybridized carbons (Fsp3) is 0.0800. The van der Waals surface area contributed by atoms with Gasteiger partial charge < -0.3 is 4.90 Å². The third kappa shape index (κ3) is 3.92. The highest BCUT2D eigenvalue weighted by Crippen LogP contribution is 2.33. The summed E-state index contributed by atoms with van der Waals surface area (Å²) in [5.41, 5.74) is 4.19. The average Bonchev–Trinajstić information content (AvgIpc) is 3.49. The number of hydrogen-bond acceptors (Lipinski definition) is 4. The van der Waals surface area contributed by atoms with Gasteiger partial charge in [0.1, 0.15) is 0 Å². The van der Waals surface area contributed by atoms with Gasteiger partial charge in [0.05, 0.1) is 15.5 Å². The summed E-state index contributed by atoms with van der Waals surface area (Å²) in [7, 11) is -3.76. The third-order valence-corrected chi connectivity index (χ3v) is 7.74. The zero-order valence-electron chi connectivity index (χ0n) is 17.1. The average molecular weight is 461 g/mol. The normalized spacial score (nSPS) is 13.1. The van der Waals surface area contributed by atoms with Crippen molar-refractivity contribution >= 4 is 38.6 Å². The van der Waals surface area contributed by atoms with E-state index in [4.69, 9.17) is 0 Å². The van der Waals surface area contributed by atoms with E-state index < -0.39 is 10.0 Å². The standard InChI is InChI=1S/C25H20N2O3S2/c28-25(24-7-4-16-31-24)27-15-14-20-8-11-21(17-23(20)27)26-32(29,30)22-12-9-19(10-13-22)18-5-2-1-3-6-18/h1-13,16-17,26H,14-15H2.